The molecule has 0 aliphatic heterocycles. The summed E-state index contributed by atoms with van der Waals surface area (Å²) in [5.74, 6) is 0.618. The van der Waals surface area contributed by atoms with Crippen LogP contribution in [0.25, 0.3) is 11.1 Å². The Morgan fingerprint density at radius 2 is 1.57 bits per heavy atom. The monoisotopic (exact) mass is 299 g/mol. The van der Waals surface area contributed by atoms with Crippen molar-refractivity contribution >= 4 is 0 Å². The van der Waals surface area contributed by atoms with Crippen molar-refractivity contribution in [3.05, 3.63) is 89.5 Å². The highest BCUT2D eigenvalue weighted by Crippen LogP contribution is 2.27. The van der Waals surface area contributed by atoms with Gasteiger partial charge >= 0.3 is 0 Å². The molecule has 112 valence electrons. The van der Waals surface area contributed by atoms with Gasteiger partial charge in [0.05, 0.1) is 5.56 Å². The van der Waals surface area contributed by atoms with Crippen LogP contribution >= 0.6 is 0 Å². The molecule has 0 atom stereocenters. The summed E-state index contributed by atoms with van der Waals surface area (Å²) in [6, 6.07) is 26.2. The van der Waals surface area contributed by atoms with E-state index >= 15 is 0 Å². The van der Waals surface area contributed by atoms with E-state index in [2.05, 4.69) is 37.3 Å². The second kappa shape index (κ2) is 6.81. The summed E-state index contributed by atoms with van der Waals surface area (Å²) >= 11 is 0. The first-order chi connectivity index (χ1) is 11.3. The maximum absolute atomic E-state index is 9.40. The van der Waals surface area contributed by atoms with E-state index in [1.165, 1.54) is 5.56 Å². The predicted octanol–water partition coefficient (Wildman–Crippen LogP) is 5.11. The van der Waals surface area contributed by atoms with Crippen LogP contribution in [0.4, 0.5) is 0 Å². The first-order valence-electron chi connectivity index (χ1n) is 7.54. The van der Waals surface area contributed by atoms with Crippen molar-refractivity contribution < 1.29 is 4.74 Å². The van der Waals surface area contributed by atoms with Gasteiger partial charge in [-0.05, 0) is 35.7 Å². The molecule has 0 saturated carbocycles. The summed E-state index contributed by atoms with van der Waals surface area (Å²) < 4.78 is 5.80. The Morgan fingerprint density at radius 3 is 2.26 bits per heavy atom. The van der Waals surface area contributed by atoms with E-state index < -0.39 is 0 Å². The van der Waals surface area contributed by atoms with Gasteiger partial charge in [-0.15, -0.1) is 0 Å². The molecular weight excluding hydrogens is 282 g/mol. The summed E-state index contributed by atoms with van der Waals surface area (Å²) in [6.07, 6.45) is 0. The Balaban J connectivity index is 1.82. The Labute approximate surface area is 136 Å². The smallest absolute Gasteiger partial charge is 0.137 e. The number of ether oxygens (including phenoxy) is 1. The minimum absolute atomic E-state index is 0.458. The molecule has 0 radical (unpaired) electrons. The van der Waals surface area contributed by atoms with Gasteiger partial charge in [-0.1, -0.05) is 66.2 Å². The molecule has 0 unspecified atom stereocenters. The molecule has 3 rings (SSSR count). The normalized spacial score (nSPS) is 10.1. The van der Waals surface area contributed by atoms with Crippen molar-refractivity contribution in [1.82, 2.24) is 0 Å². The minimum Gasteiger partial charge on any atom is -0.488 e. The van der Waals surface area contributed by atoms with E-state index in [1.54, 1.807) is 0 Å². The van der Waals surface area contributed by atoms with Crippen molar-refractivity contribution in [3.63, 3.8) is 0 Å². The summed E-state index contributed by atoms with van der Waals surface area (Å²) in [5, 5.41) is 9.40. The van der Waals surface area contributed by atoms with Gasteiger partial charge in [0.1, 0.15) is 18.4 Å². The van der Waals surface area contributed by atoms with Crippen LogP contribution in [0.5, 0.6) is 5.75 Å². The zero-order chi connectivity index (χ0) is 16.1. The third-order valence-electron chi connectivity index (χ3n) is 3.72. The number of nitrogens with zero attached hydrogens (tertiary/aromatic N) is 1. The number of hydrogen-bond acceptors (Lipinski definition) is 2. The highest BCUT2D eigenvalue weighted by Gasteiger charge is 2.07. The van der Waals surface area contributed by atoms with Gasteiger partial charge in [0, 0.05) is 0 Å². The first kappa shape index (κ1) is 14.9. The van der Waals surface area contributed by atoms with E-state index in [-0.39, 0.29) is 0 Å². The molecule has 2 nitrogen and oxygen atoms in total. The first-order valence-corrected chi connectivity index (χ1v) is 7.54. The molecule has 0 aromatic heterocycles. The zero-order valence-corrected chi connectivity index (χ0v) is 13.0. The predicted molar refractivity (Wildman–Crippen MR) is 92.1 cm³/mol. The van der Waals surface area contributed by atoms with Crippen molar-refractivity contribution in [2.45, 2.75) is 13.5 Å². The standard InChI is InChI=1S/C21H17NO/c1-16-7-9-18(10-8-16)19-11-12-21(20(13-19)14-22)23-15-17-5-3-2-4-6-17/h2-13H,15H2,1H3. The van der Waals surface area contributed by atoms with Crippen LogP contribution in [0.1, 0.15) is 16.7 Å². The van der Waals surface area contributed by atoms with Crippen molar-refractivity contribution in [2.24, 2.45) is 0 Å². The van der Waals surface area contributed by atoms with Gasteiger partial charge in [-0.3, -0.25) is 0 Å². The Bertz CT molecular complexity index is 830. The fourth-order valence-corrected chi connectivity index (χ4v) is 2.40. The molecule has 0 saturated heterocycles. The van der Waals surface area contributed by atoms with Gasteiger partial charge in [-0.2, -0.15) is 5.26 Å². The topological polar surface area (TPSA) is 33.0 Å². The highest BCUT2D eigenvalue weighted by atomic mass is 16.5. The number of aryl methyl sites for hydroxylation is 1. The molecule has 3 aromatic rings. The van der Waals surface area contributed by atoms with E-state index in [0.29, 0.717) is 17.9 Å². The summed E-state index contributed by atoms with van der Waals surface area (Å²) in [5.41, 5.74) is 4.98. The molecular formula is C21H17NO. The second-order valence-corrected chi connectivity index (χ2v) is 5.46. The van der Waals surface area contributed by atoms with Gasteiger partial charge in [0.25, 0.3) is 0 Å². The van der Waals surface area contributed by atoms with Gasteiger partial charge < -0.3 is 4.74 Å². The number of nitriles is 1. The van der Waals surface area contributed by atoms with Gasteiger partial charge in [0.2, 0.25) is 0 Å². The van der Waals surface area contributed by atoms with Crippen LogP contribution in [0.15, 0.2) is 72.8 Å². The Morgan fingerprint density at radius 1 is 0.870 bits per heavy atom. The molecule has 0 spiro atoms. The molecule has 0 aliphatic carbocycles. The Hall–Kier alpha value is -3.05. The van der Waals surface area contributed by atoms with E-state index in [4.69, 9.17) is 4.74 Å². The molecule has 0 heterocycles. The lowest BCUT2D eigenvalue weighted by molar-refractivity contribution is 0.305. The lowest BCUT2D eigenvalue weighted by Crippen LogP contribution is -1.97. The van der Waals surface area contributed by atoms with Crippen LogP contribution < -0.4 is 4.74 Å². The van der Waals surface area contributed by atoms with E-state index in [1.807, 2.05) is 48.5 Å². The summed E-state index contributed by atoms with van der Waals surface area (Å²) in [7, 11) is 0. The lowest BCUT2D eigenvalue weighted by Gasteiger charge is -2.10. The highest BCUT2D eigenvalue weighted by molar-refractivity contribution is 5.67. The van der Waals surface area contributed by atoms with Crippen molar-refractivity contribution in [3.8, 4) is 22.9 Å². The summed E-state index contributed by atoms with van der Waals surface area (Å²) in [4.78, 5) is 0. The van der Waals surface area contributed by atoms with E-state index in [0.717, 1.165) is 16.7 Å². The lowest BCUT2D eigenvalue weighted by atomic mass is 10.0. The number of hydrogen-bond donors (Lipinski definition) is 0. The average Bonchev–Trinajstić information content (AvgIpc) is 2.61. The Kier molecular flexibility index (Phi) is 4.40. The third kappa shape index (κ3) is 3.59. The van der Waals surface area contributed by atoms with Crippen molar-refractivity contribution in [1.29, 1.82) is 5.26 Å². The quantitative estimate of drug-likeness (QED) is 0.670. The molecule has 0 N–H and O–H groups in total. The molecule has 23 heavy (non-hydrogen) atoms. The average molecular weight is 299 g/mol. The van der Waals surface area contributed by atoms with Gasteiger partial charge in [-0.25, -0.2) is 0 Å². The number of rotatable bonds is 4. The molecule has 0 bridgehead atoms. The minimum atomic E-state index is 0.458. The molecule has 0 fully saturated rings. The summed E-state index contributed by atoms with van der Waals surface area (Å²) in [6.45, 7) is 2.52. The largest absolute Gasteiger partial charge is 0.488 e. The van der Waals surface area contributed by atoms with Crippen LogP contribution in [0.3, 0.4) is 0 Å². The van der Waals surface area contributed by atoms with Crippen LogP contribution in [0, 0.1) is 18.3 Å². The maximum Gasteiger partial charge on any atom is 0.137 e. The molecule has 0 amide bonds. The van der Waals surface area contributed by atoms with Gasteiger partial charge in [0.15, 0.2) is 0 Å². The second-order valence-electron chi connectivity index (χ2n) is 5.46. The van der Waals surface area contributed by atoms with Crippen LogP contribution in [-0.4, -0.2) is 0 Å². The fraction of sp³-hybridized carbons (Fsp3) is 0.0952. The maximum atomic E-state index is 9.40. The third-order valence-corrected chi connectivity index (χ3v) is 3.72. The molecule has 2 heteroatoms. The fourth-order valence-electron chi connectivity index (χ4n) is 2.40. The van der Waals surface area contributed by atoms with E-state index in [9.17, 15) is 5.26 Å². The zero-order valence-electron chi connectivity index (χ0n) is 13.0. The molecule has 0 aliphatic rings. The van der Waals surface area contributed by atoms with Crippen molar-refractivity contribution in [2.75, 3.05) is 0 Å². The SMILES string of the molecule is Cc1ccc(-c2ccc(OCc3ccccc3)c(C#N)c2)cc1. The number of benzene rings is 3. The molecule has 3 aromatic carbocycles. The van der Waals surface area contributed by atoms with Crippen LogP contribution in [0.2, 0.25) is 0 Å². The van der Waals surface area contributed by atoms with Crippen LogP contribution in [-0.2, 0) is 6.61 Å².